The van der Waals surface area contributed by atoms with Crippen LogP contribution in [-0.2, 0) is 4.79 Å². The van der Waals surface area contributed by atoms with Crippen LogP contribution in [0.3, 0.4) is 0 Å². The molecule has 0 saturated carbocycles. The summed E-state index contributed by atoms with van der Waals surface area (Å²) in [6, 6.07) is 19.8. The highest BCUT2D eigenvalue weighted by atomic mass is 16.2. The van der Waals surface area contributed by atoms with Gasteiger partial charge in [0.15, 0.2) is 0 Å². The number of amides is 1. The molecule has 31 heavy (non-hydrogen) atoms. The third-order valence-electron chi connectivity index (χ3n) is 5.90. The molecule has 6 heteroatoms. The number of fused-ring (bicyclic) bond motifs is 1. The fourth-order valence-corrected chi connectivity index (χ4v) is 4.41. The molecule has 154 valence electrons. The van der Waals surface area contributed by atoms with E-state index in [4.69, 9.17) is 0 Å². The van der Waals surface area contributed by atoms with E-state index in [9.17, 15) is 9.59 Å². The fourth-order valence-electron chi connectivity index (χ4n) is 4.41. The third kappa shape index (κ3) is 3.26. The highest BCUT2D eigenvalue weighted by Gasteiger charge is 2.29. The average molecular weight is 410 g/mol. The molecule has 6 nitrogen and oxygen atoms in total. The summed E-state index contributed by atoms with van der Waals surface area (Å²) in [5.74, 6) is -0.100. The van der Waals surface area contributed by atoms with E-state index in [0.29, 0.717) is 13.1 Å². The minimum Gasteiger partial charge on any atom is -0.337 e. The molecule has 0 aliphatic carbocycles. The molecule has 5 rings (SSSR count). The molecule has 4 aromatic rings. The highest BCUT2D eigenvalue weighted by molar-refractivity contribution is 5.87. The van der Waals surface area contributed by atoms with Gasteiger partial charge in [-0.15, -0.1) is 0 Å². The second-order valence-electron chi connectivity index (χ2n) is 7.70. The Balaban J connectivity index is 1.64. The monoisotopic (exact) mass is 410 g/mol. The van der Waals surface area contributed by atoms with Crippen LogP contribution in [0.4, 0.5) is 0 Å². The lowest BCUT2D eigenvalue weighted by atomic mass is 10.1. The molecule has 0 N–H and O–H groups in total. The molecule has 0 radical (unpaired) electrons. The molecule has 3 heterocycles. The van der Waals surface area contributed by atoms with Crippen LogP contribution in [-0.4, -0.2) is 38.0 Å². The number of hydrogen-bond acceptors (Lipinski definition) is 3. The Morgan fingerprint density at radius 3 is 2.65 bits per heavy atom. The molecular weight excluding hydrogens is 388 g/mol. The molecular formula is C25H22N4O2. The van der Waals surface area contributed by atoms with Crippen LogP contribution in [0.2, 0.25) is 0 Å². The van der Waals surface area contributed by atoms with Crippen molar-refractivity contribution in [1.82, 2.24) is 19.0 Å². The first kappa shape index (κ1) is 19.1. The first-order chi connectivity index (χ1) is 15.2. The molecule has 1 aliphatic heterocycles. The van der Waals surface area contributed by atoms with Crippen molar-refractivity contribution in [1.29, 1.82) is 0 Å². The molecule has 1 unspecified atom stereocenters. The number of carbonyl (C=O) groups excluding carboxylic acids is 1. The molecule has 1 aliphatic rings. The fraction of sp³-hybridized carbons (Fsp3) is 0.160. The molecule has 1 amide bonds. The first-order valence-corrected chi connectivity index (χ1v) is 10.3. The summed E-state index contributed by atoms with van der Waals surface area (Å²) >= 11 is 0. The number of rotatable bonds is 4. The van der Waals surface area contributed by atoms with E-state index < -0.39 is 0 Å². The topological polar surface area (TPSA) is 60.1 Å². The summed E-state index contributed by atoms with van der Waals surface area (Å²) in [4.78, 5) is 31.7. The summed E-state index contributed by atoms with van der Waals surface area (Å²) in [7, 11) is 0. The molecule has 0 bridgehead atoms. The SMILES string of the molecule is C=CC(=O)N1CCC(n2c(=O)n(-c3cccc(-c4ccccc4)c3)c3cnccc32)C1. The minimum absolute atomic E-state index is 0.0835. The van der Waals surface area contributed by atoms with Crippen LogP contribution in [0.15, 0.2) is 90.5 Å². The lowest BCUT2D eigenvalue weighted by Gasteiger charge is -2.15. The van der Waals surface area contributed by atoms with Crippen molar-refractivity contribution in [3.8, 4) is 16.8 Å². The van der Waals surface area contributed by atoms with Gasteiger partial charge >= 0.3 is 5.69 Å². The smallest absolute Gasteiger partial charge is 0.334 e. The van der Waals surface area contributed by atoms with Crippen LogP contribution in [0.5, 0.6) is 0 Å². The predicted octanol–water partition coefficient (Wildman–Crippen LogP) is 3.81. The van der Waals surface area contributed by atoms with Crippen molar-refractivity contribution in [2.24, 2.45) is 0 Å². The summed E-state index contributed by atoms with van der Waals surface area (Å²) in [5.41, 5.74) is 4.38. The van der Waals surface area contributed by atoms with Crippen LogP contribution >= 0.6 is 0 Å². The normalized spacial score (nSPS) is 16.0. The molecule has 1 fully saturated rings. The maximum atomic E-state index is 13.6. The van der Waals surface area contributed by atoms with E-state index >= 15 is 0 Å². The zero-order chi connectivity index (χ0) is 21.4. The Kier molecular flexibility index (Phi) is 4.75. The van der Waals surface area contributed by atoms with Gasteiger partial charge in [0.1, 0.15) is 0 Å². The van der Waals surface area contributed by atoms with Gasteiger partial charge in [-0.05, 0) is 41.8 Å². The molecule has 1 atom stereocenters. The number of pyridine rings is 1. The van der Waals surface area contributed by atoms with Gasteiger partial charge < -0.3 is 4.90 Å². The Hall–Kier alpha value is -3.93. The Morgan fingerprint density at radius 2 is 1.84 bits per heavy atom. The number of hydrogen-bond donors (Lipinski definition) is 0. The van der Waals surface area contributed by atoms with E-state index in [1.807, 2.05) is 53.1 Å². The number of nitrogens with zero attached hydrogens (tertiary/aromatic N) is 4. The van der Waals surface area contributed by atoms with E-state index in [2.05, 4.69) is 23.7 Å². The zero-order valence-electron chi connectivity index (χ0n) is 17.0. The van der Waals surface area contributed by atoms with Crippen LogP contribution in [0.25, 0.3) is 27.8 Å². The maximum Gasteiger partial charge on any atom is 0.334 e. The molecule has 1 saturated heterocycles. The van der Waals surface area contributed by atoms with Crippen LogP contribution < -0.4 is 5.69 Å². The summed E-state index contributed by atoms with van der Waals surface area (Å²) in [6.07, 6.45) is 5.48. The van der Waals surface area contributed by atoms with Gasteiger partial charge in [-0.2, -0.15) is 0 Å². The van der Waals surface area contributed by atoms with E-state index in [-0.39, 0.29) is 17.6 Å². The highest BCUT2D eigenvalue weighted by Crippen LogP contribution is 2.27. The van der Waals surface area contributed by atoms with Crippen molar-refractivity contribution in [2.45, 2.75) is 12.5 Å². The lowest BCUT2D eigenvalue weighted by molar-refractivity contribution is -0.125. The van der Waals surface area contributed by atoms with Crippen molar-refractivity contribution >= 4 is 16.9 Å². The lowest BCUT2D eigenvalue weighted by Crippen LogP contribution is -2.31. The number of imidazole rings is 1. The Labute approximate surface area is 179 Å². The number of benzene rings is 2. The number of aromatic nitrogens is 3. The van der Waals surface area contributed by atoms with Gasteiger partial charge in [0.2, 0.25) is 5.91 Å². The van der Waals surface area contributed by atoms with Crippen LogP contribution in [0.1, 0.15) is 12.5 Å². The number of likely N-dealkylation sites (tertiary alicyclic amines) is 1. The summed E-state index contributed by atoms with van der Waals surface area (Å²) < 4.78 is 3.52. The van der Waals surface area contributed by atoms with Gasteiger partial charge in [-0.3, -0.25) is 18.9 Å². The predicted molar refractivity (Wildman–Crippen MR) is 121 cm³/mol. The van der Waals surface area contributed by atoms with Gasteiger partial charge in [-0.25, -0.2) is 4.79 Å². The first-order valence-electron chi connectivity index (χ1n) is 10.3. The minimum atomic E-state index is -0.119. The van der Waals surface area contributed by atoms with Gasteiger partial charge in [0, 0.05) is 19.3 Å². The van der Waals surface area contributed by atoms with Gasteiger partial charge in [0.25, 0.3) is 0 Å². The molecule has 2 aromatic heterocycles. The van der Waals surface area contributed by atoms with Gasteiger partial charge in [0.05, 0.1) is 29.0 Å². The number of carbonyl (C=O) groups is 1. The second kappa shape index (κ2) is 7.72. The Bertz CT molecular complexity index is 1340. The summed E-state index contributed by atoms with van der Waals surface area (Å²) in [5, 5.41) is 0. The van der Waals surface area contributed by atoms with E-state index in [1.165, 1.54) is 6.08 Å². The average Bonchev–Trinajstić information content (AvgIpc) is 3.41. The van der Waals surface area contributed by atoms with Crippen LogP contribution in [0, 0.1) is 0 Å². The molecule has 0 spiro atoms. The molecule has 2 aromatic carbocycles. The standard InChI is InChI=1S/C25H22N4O2/c1-2-24(30)27-14-12-21(17-27)29-22-11-13-26-16-23(22)28(25(29)31)20-10-6-9-19(15-20)18-7-4-3-5-8-18/h2-11,13,15-16,21H,1,12,14,17H2. The van der Waals surface area contributed by atoms with Crippen molar-refractivity contribution in [2.75, 3.05) is 13.1 Å². The van der Waals surface area contributed by atoms with Gasteiger partial charge in [-0.1, -0.05) is 49.0 Å². The summed E-state index contributed by atoms with van der Waals surface area (Å²) in [6.45, 7) is 4.69. The third-order valence-corrected chi connectivity index (χ3v) is 5.90. The van der Waals surface area contributed by atoms with Crippen molar-refractivity contribution in [3.05, 3.63) is 96.2 Å². The zero-order valence-corrected chi connectivity index (χ0v) is 17.0. The maximum absolute atomic E-state index is 13.6. The van der Waals surface area contributed by atoms with Crippen molar-refractivity contribution < 1.29 is 4.79 Å². The second-order valence-corrected chi connectivity index (χ2v) is 7.70. The van der Waals surface area contributed by atoms with E-state index in [1.54, 1.807) is 21.9 Å². The largest absolute Gasteiger partial charge is 0.337 e. The van der Waals surface area contributed by atoms with Crippen molar-refractivity contribution in [3.63, 3.8) is 0 Å². The van der Waals surface area contributed by atoms with E-state index in [0.717, 1.165) is 34.3 Å². The Morgan fingerprint density at radius 1 is 1.03 bits per heavy atom. The quantitative estimate of drug-likeness (QED) is 0.481.